The number of rotatable bonds is 3. The van der Waals surface area contributed by atoms with Crippen LogP contribution < -0.4 is 15.0 Å². The van der Waals surface area contributed by atoms with Crippen molar-refractivity contribution in [3.63, 3.8) is 0 Å². The van der Waals surface area contributed by atoms with Gasteiger partial charge in [0.2, 0.25) is 11.8 Å². The van der Waals surface area contributed by atoms with E-state index in [1.165, 1.54) is 0 Å². The number of methoxy groups -OCH3 is 1. The number of hydrogen-bond donors (Lipinski definition) is 1. The zero-order chi connectivity index (χ0) is 16.3. The molecule has 5 heteroatoms. The molecule has 1 N–H and O–H groups in total. The van der Waals surface area contributed by atoms with E-state index < -0.39 is 5.41 Å². The summed E-state index contributed by atoms with van der Waals surface area (Å²) in [5.74, 6) is 0.682. The Bertz CT molecular complexity index is 576. The summed E-state index contributed by atoms with van der Waals surface area (Å²) < 4.78 is 5.37. The van der Waals surface area contributed by atoms with Crippen LogP contribution in [0.4, 0.5) is 11.4 Å². The standard InChI is InChI=1S/C17H24N2O3/c1-17(2,3)16(21)18-12-8-9-14(22-4)13(11-12)19-10-6-5-7-15(19)20/h8-9,11H,5-7,10H2,1-4H3,(H,18,21). The van der Waals surface area contributed by atoms with Gasteiger partial charge in [-0.05, 0) is 31.0 Å². The maximum atomic E-state index is 12.1. The molecule has 0 atom stereocenters. The number of hydrogen-bond acceptors (Lipinski definition) is 3. The lowest BCUT2D eigenvalue weighted by atomic mass is 9.95. The van der Waals surface area contributed by atoms with E-state index in [1.807, 2.05) is 26.8 Å². The van der Waals surface area contributed by atoms with Crippen molar-refractivity contribution in [1.29, 1.82) is 0 Å². The minimum Gasteiger partial charge on any atom is -0.495 e. The van der Waals surface area contributed by atoms with E-state index >= 15 is 0 Å². The Hall–Kier alpha value is -2.04. The average molecular weight is 304 g/mol. The zero-order valence-electron chi connectivity index (χ0n) is 13.7. The van der Waals surface area contributed by atoms with Crippen LogP contribution in [-0.4, -0.2) is 25.5 Å². The fourth-order valence-electron chi connectivity index (χ4n) is 2.36. The molecule has 0 bridgehead atoms. The Kier molecular flexibility index (Phi) is 4.74. The number of amides is 2. The van der Waals surface area contributed by atoms with Crippen LogP contribution in [0.25, 0.3) is 0 Å². The Morgan fingerprint density at radius 3 is 2.59 bits per heavy atom. The summed E-state index contributed by atoms with van der Waals surface area (Å²) in [6.07, 6.45) is 2.47. The quantitative estimate of drug-likeness (QED) is 0.933. The molecule has 1 fully saturated rings. The Labute approximate surface area is 131 Å². The third-order valence-electron chi connectivity index (χ3n) is 3.73. The number of carbonyl (C=O) groups excluding carboxylic acids is 2. The van der Waals surface area contributed by atoms with E-state index in [1.54, 1.807) is 24.1 Å². The molecule has 1 saturated heterocycles. The highest BCUT2D eigenvalue weighted by Gasteiger charge is 2.24. The summed E-state index contributed by atoms with van der Waals surface area (Å²) in [7, 11) is 1.58. The van der Waals surface area contributed by atoms with Gasteiger partial charge in [0.15, 0.2) is 0 Å². The number of anilines is 2. The molecule has 1 aliphatic rings. The average Bonchev–Trinajstić information content (AvgIpc) is 2.46. The van der Waals surface area contributed by atoms with Gasteiger partial charge in [-0.3, -0.25) is 9.59 Å². The predicted octanol–water partition coefficient (Wildman–Crippen LogP) is 3.20. The Morgan fingerprint density at radius 1 is 1.27 bits per heavy atom. The number of nitrogens with one attached hydrogen (secondary N) is 1. The van der Waals surface area contributed by atoms with Crippen molar-refractivity contribution >= 4 is 23.2 Å². The smallest absolute Gasteiger partial charge is 0.229 e. The SMILES string of the molecule is COc1ccc(NC(=O)C(C)(C)C)cc1N1CCCCC1=O. The second-order valence-electron chi connectivity index (χ2n) is 6.59. The molecule has 22 heavy (non-hydrogen) atoms. The lowest BCUT2D eigenvalue weighted by Crippen LogP contribution is -2.35. The van der Waals surface area contributed by atoms with E-state index in [0.717, 1.165) is 18.5 Å². The Morgan fingerprint density at radius 2 is 2.00 bits per heavy atom. The fourth-order valence-corrected chi connectivity index (χ4v) is 2.36. The lowest BCUT2D eigenvalue weighted by Gasteiger charge is -2.28. The second-order valence-corrected chi connectivity index (χ2v) is 6.59. The molecule has 2 amide bonds. The number of nitrogens with zero attached hydrogens (tertiary/aromatic N) is 1. The molecule has 1 aromatic carbocycles. The van der Waals surface area contributed by atoms with Crippen molar-refractivity contribution in [2.24, 2.45) is 5.41 Å². The zero-order valence-corrected chi connectivity index (χ0v) is 13.7. The van der Waals surface area contributed by atoms with E-state index in [9.17, 15) is 9.59 Å². The van der Waals surface area contributed by atoms with Crippen LogP contribution >= 0.6 is 0 Å². The molecule has 5 nitrogen and oxygen atoms in total. The normalized spacial score (nSPS) is 15.6. The predicted molar refractivity (Wildman–Crippen MR) is 87.3 cm³/mol. The molecule has 2 rings (SSSR count). The van der Waals surface area contributed by atoms with Gasteiger partial charge in [0.25, 0.3) is 0 Å². The van der Waals surface area contributed by atoms with Gasteiger partial charge in [0.1, 0.15) is 5.75 Å². The summed E-state index contributed by atoms with van der Waals surface area (Å²) >= 11 is 0. The first kappa shape index (κ1) is 16.3. The second kappa shape index (κ2) is 6.38. The highest BCUT2D eigenvalue weighted by atomic mass is 16.5. The highest BCUT2D eigenvalue weighted by Crippen LogP contribution is 2.34. The molecular weight excluding hydrogens is 280 g/mol. The van der Waals surface area contributed by atoms with Gasteiger partial charge in [-0.25, -0.2) is 0 Å². The summed E-state index contributed by atoms with van der Waals surface area (Å²) in [5.41, 5.74) is 0.925. The minimum absolute atomic E-state index is 0.0615. The molecule has 0 spiro atoms. The molecule has 0 aromatic heterocycles. The topological polar surface area (TPSA) is 58.6 Å². The third-order valence-corrected chi connectivity index (χ3v) is 3.73. The lowest BCUT2D eigenvalue weighted by molar-refractivity contribution is -0.123. The fraction of sp³-hybridized carbons (Fsp3) is 0.529. The minimum atomic E-state index is -0.471. The maximum absolute atomic E-state index is 12.1. The van der Waals surface area contributed by atoms with Gasteiger partial charge < -0.3 is 15.0 Å². The maximum Gasteiger partial charge on any atom is 0.229 e. The first-order valence-corrected chi connectivity index (χ1v) is 7.63. The highest BCUT2D eigenvalue weighted by molar-refractivity contribution is 5.98. The van der Waals surface area contributed by atoms with Crippen molar-refractivity contribution in [1.82, 2.24) is 0 Å². The molecule has 0 radical (unpaired) electrons. The van der Waals surface area contributed by atoms with Crippen LogP contribution in [0.5, 0.6) is 5.75 Å². The summed E-state index contributed by atoms with van der Waals surface area (Å²) in [5, 5.41) is 2.90. The summed E-state index contributed by atoms with van der Waals surface area (Å²) in [4.78, 5) is 26.0. The van der Waals surface area contributed by atoms with E-state index in [2.05, 4.69) is 5.32 Å². The van der Waals surface area contributed by atoms with Gasteiger partial charge >= 0.3 is 0 Å². The van der Waals surface area contributed by atoms with Crippen molar-refractivity contribution < 1.29 is 14.3 Å². The third kappa shape index (κ3) is 3.59. The van der Waals surface area contributed by atoms with Crippen molar-refractivity contribution in [3.8, 4) is 5.75 Å². The molecule has 120 valence electrons. The van der Waals surface area contributed by atoms with Crippen LogP contribution in [0, 0.1) is 5.41 Å². The van der Waals surface area contributed by atoms with Crippen molar-refractivity contribution in [3.05, 3.63) is 18.2 Å². The van der Waals surface area contributed by atoms with Gasteiger partial charge in [-0.15, -0.1) is 0 Å². The molecule has 1 aliphatic heterocycles. The molecule has 0 unspecified atom stereocenters. The Balaban J connectivity index is 2.30. The van der Waals surface area contributed by atoms with E-state index in [-0.39, 0.29) is 11.8 Å². The van der Waals surface area contributed by atoms with Gasteiger partial charge in [0.05, 0.1) is 12.8 Å². The number of carbonyl (C=O) groups is 2. The summed E-state index contributed by atoms with van der Waals surface area (Å²) in [6.45, 7) is 6.27. The first-order valence-electron chi connectivity index (χ1n) is 7.63. The van der Waals surface area contributed by atoms with Gasteiger partial charge in [-0.2, -0.15) is 0 Å². The number of piperidine rings is 1. The molecule has 0 aliphatic carbocycles. The van der Waals surface area contributed by atoms with Gasteiger partial charge in [-0.1, -0.05) is 20.8 Å². The van der Waals surface area contributed by atoms with Crippen LogP contribution in [0.15, 0.2) is 18.2 Å². The largest absolute Gasteiger partial charge is 0.495 e. The van der Waals surface area contributed by atoms with Crippen molar-refractivity contribution in [2.45, 2.75) is 40.0 Å². The van der Waals surface area contributed by atoms with E-state index in [4.69, 9.17) is 4.74 Å². The number of benzene rings is 1. The number of ether oxygens (including phenoxy) is 1. The molecule has 1 heterocycles. The monoisotopic (exact) mass is 304 g/mol. The van der Waals surface area contributed by atoms with E-state index in [0.29, 0.717) is 24.4 Å². The van der Waals surface area contributed by atoms with Crippen molar-refractivity contribution in [2.75, 3.05) is 23.9 Å². The van der Waals surface area contributed by atoms with Crippen LogP contribution in [0.3, 0.4) is 0 Å². The summed E-state index contributed by atoms with van der Waals surface area (Å²) in [6, 6.07) is 5.39. The van der Waals surface area contributed by atoms with Crippen LogP contribution in [-0.2, 0) is 9.59 Å². The van der Waals surface area contributed by atoms with Crippen LogP contribution in [0.1, 0.15) is 40.0 Å². The van der Waals surface area contributed by atoms with Crippen LogP contribution in [0.2, 0.25) is 0 Å². The van der Waals surface area contributed by atoms with Gasteiger partial charge in [0, 0.05) is 24.1 Å². The molecule has 1 aromatic rings. The molecule has 0 saturated carbocycles. The molecular formula is C17H24N2O3. The first-order chi connectivity index (χ1) is 10.3.